The number of piperidine rings is 1. The molecule has 0 aromatic heterocycles. The summed E-state index contributed by atoms with van der Waals surface area (Å²) >= 11 is 0. The van der Waals surface area contributed by atoms with Crippen molar-refractivity contribution in [2.24, 2.45) is 0 Å². The number of benzene rings is 1. The second-order valence-electron chi connectivity index (χ2n) is 5.84. The zero-order chi connectivity index (χ0) is 16.5. The van der Waals surface area contributed by atoms with Gasteiger partial charge in [0.15, 0.2) is 0 Å². The van der Waals surface area contributed by atoms with Gasteiger partial charge in [0.2, 0.25) is 0 Å². The van der Waals surface area contributed by atoms with Crippen molar-refractivity contribution in [1.82, 2.24) is 10.2 Å². The molecule has 1 saturated heterocycles. The molecule has 5 nitrogen and oxygen atoms in total. The molecule has 23 heavy (non-hydrogen) atoms. The van der Waals surface area contributed by atoms with Crippen LogP contribution in [0.3, 0.4) is 0 Å². The summed E-state index contributed by atoms with van der Waals surface area (Å²) in [4.78, 5) is 12.8. The molecule has 0 saturated carbocycles. The van der Waals surface area contributed by atoms with Crippen LogP contribution in [0.2, 0.25) is 0 Å². The zero-order valence-electron chi connectivity index (χ0n) is 13.3. The van der Waals surface area contributed by atoms with Gasteiger partial charge in [-0.1, -0.05) is 24.5 Å². The van der Waals surface area contributed by atoms with Gasteiger partial charge in [-0.25, -0.2) is 4.79 Å². The Balaban J connectivity index is 1.92. The van der Waals surface area contributed by atoms with Gasteiger partial charge in [-0.3, -0.25) is 4.90 Å². The molecule has 1 fully saturated rings. The first-order chi connectivity index (χ1) is 11.2. The van der Waals surface area contributed by atoms with E-state index in [9.17, 15) is 4.79 Å². The SMILES string of the molecule is C#Cc1ccc(CN(CCOC(=O)O)CC2CCCCN2)cc1. The molecule has 0 radical (unpaired) electrons. The average molecular weight is 316 g/mol. The van der Waals surface area contributed by atoms with Gasteiger partial charge in [-0.05, 0) is 37.1 Å². The summed E-state index contributed by atoms with van der Waals surface area (Å²) in [6.07, 6.45) is 7.79. The highest BCUT2D eigenvalue weighted by molar-refractivity contribution is 5.56. The summed E-state index contributed by atoms with van der Waals surface area (Å²) < 4.78 is 4.66. The predicted octanol–water partition coefficient (Wildman–Crippen LogP) is 2.31. The molecule has 1 unspecified atom stereocenters. The van der Waals surface area contributed by atoms with Crippen LogP contribution in [0.5, 0.6) is 0 Å². The molecule has 1 atom stereocenters. The van der Waals surface area contributed by atoms with E-state index in [-0.39, 0.29) is 6.61 Å². The number of ether oxygens (including phenoxy) is 1. The van der Waals surface area contributed by atoms with Gasteiger partial charge >= 0.3 is 6.16 Å². The van der Waals surface area contributed by atoms with Crippen LogP contribution < -0.4 is 5.32 Å². The number of nitrogens with one attached hydrogen (secondary N) is 1. The molecular formula is C18H24N2O3. The lowest BCUT2D eigenvalue weighted by Gasteiger charge is -2.30. The predicted molar refractivity (Wildman–Crippen MR) is 89.3 cm³/mol. The third kappa shape index (κ3) is 6.31. The quantitative estimate of drug-likeness (QED) is 0.597. The van der Waals surface area contributed by atoms with E-state index in [1.807, 2.05) is 24.3 Å². The molecule has 0 amide bonds. The molecule has 124 valence electrons. The summed E-state index contributed by atoms with van der Waals surface area (Å²) in [7, 11) is 0. The third-order valence-electron chi connectivity index (χ3n) is 4.05. The Hall–Kier alpha value is -2.03. The molecule has 1 heterocycles. The van der Waals surface area contributed by atoms with Gasteiger partial charge in [0.05, 0.1) is 0 Å². The van der Waals surface area contributed by atoms with Gasteiger partial charge in [-0.2, -0.15) is 0 Å². The van der Waals surface area contributed by atoms with Crippen molar-refractivity contribution in [3.8, 4) is 12.3 Å². The lowest BCUT2D eigenvalue weighted by atomic mass is 10.0. The maximum Gasteiger partial charge on any atom is 0.505 e. The molecule has 0 spiro atoms. The fourth-order valence-corrected chi connectivity index (χ4v) is 2.85. The van der Waals surface area contributed by atoms with Crippen molar-refractivity contribution in [2.45, 2.75) is 31.8 Å². The van der Waals surface area contributed by atoms with Crippen molar-refractivity contribution >= 4 is 6.16 Å². The minimum absolute atomic E-state index is 0.185. The van der Waals surface area contributed by atoms with E-state index in [1.54, 1.807) is 0 Å². The lowest BCUT2D eigenvalue weighted by Crippen LogP contribution is -2.44. The fraction of sp³-hybridized carbons (Fsp3) is 0.500. The summed E-state index contributed by atoms with van der Waals surface area (Å²) in [5, 5.41) is 12.2. The Kier molecular flexibility index (Phi) is 6.92. The van der Waals surface area contributed by atoms with Gasteiger partial charge in [0, 0.05) is 31.2 Å². The topological polar surface area (TPSA) is 61.8 Å². The van der Waals surface area contributed by atoms with Crippen LogP contribution in [0.1, 0.15) is 30.4 Å². The smallest absolute Gasteiger partial charge is 0.450 e. The van der Waals surface area contributed by atoms with Crippen molar-refractivity contribution in [3.63, 3.8) is 0 Å². The molecule has 5 heteroatoms. The van der Waals surface area contributed by atoms with E-state index < -0.39 is 6.16 Å². The molecule has 1 aromatic rings. The standard InChI is InChI=1S/C18H24N2O3/c1-2-15-6-8-16(9-7-15)13-20(11-12-23-18(21)22)14-17-5-3-4-10-19-17/h1,6-9,17,19H,3-5,10-14H2,(H,21,22). The molecule has 2 N–H and O–H groups in total. The third-order valence-corrected chi connectivity index (χ3v) is 4.05. The van der Waals surface area contributed by atoms with Crippen molar-refractivity contribution in [3.05, 3.63) is 35.4 Å². The maximum absolute atomic E-state index is 10.5. The number of rotatable bonds is 7. The van der Waals surface area contributed by atoms with Crippen LogP contribution in [-0.4, -0.2) is 48.4 Å². The van der Waals surface area contributed by atoms with E-state index in [0.29, 0.717) is 12.6 Å². The van der Waals surface area contributed by atoms with Gasteiger partial charge < -0.3 is 15.2 Å². The molecule has 0 aliphatic carbocycles. The van der Waals surface area contributed by atoms with Crippen molar-refractivity contribution < 1.29 is 14.6 Å². The first-order valence-electron chi connectivity index (χ1n) is 8.04. The van der Waals surface area contributed by atoms with E-state index >= 15 is 0 Å². The monoisotopic (exact) mass is 316 g/mol. The first-order valence-corrected chi connectivity index (χ1v) is 8.04. The van der Waals surface area contributed by atoms with Crippen LogP contribution in [0.4, 0.5) is 4.79 Å². The number of hydrogen-bond donors (Lipinski definition) is 2. The molecular weight excluding hydrogens is 292 g/mol. The minimum Gasteiger partial charge on any atom is -0.450 e. The number of carbonyl (C=O) groups is 1. The second kappa shape index (κ2) is 9.19. The molecule has 1 aromatic carbocycles. The second-order valence-corrected chi connectivity index (χ2v) is 5.84. The minimum atomic E-state index is -1.22. The Morgan fingerprint density at radius 1 is 1.39 bits per heavy atom. The number of terminal acetylenes is 1. The van der Waals surface area contributed by atoms with Crippen molar-refractivity contribution in [1.29, 1.82) is 0 Å². The fourth-order valence-electron chi connectivity index (χ4n) is 2.85. The largest absolute Gasteiger partial charge is 0.505 e. The molecule has 0 bridgehead atoms. The maximum atomic E-state index is 10.5. The molecule has 2 rings (SSSR count). The Morgan fingerprint density at radius 3 is 2.78 bits per heavy atom. The number of hydrogen-bond acceptors (Lipinski definition) is 4. The first kappa shape index (κ1) is 17.3. The van der Waals surface area contributed by atoms with Crippen LogP contribution in [0.25, 0.3) is 0 Å². The summed E-state index contributed by atoms with van der Waals surface area (Å²) in [5.41, 5.74) is 2.03. The van der Waals surface area contributed by atoms with E-state index in [0.717, 1.165) is 37.2 Å². The highest BCUT2D eigenvalue weighted by Crippen LogP contribution is 2.12. The normalized spacial score (nSPS) is 17.7. The van der Waals surface area contributed by atoms with Gasteiger partial charge in [-0.15, -0.1) is 6.42 Å². The molecule has 1 aliphatic rings. The van der Waals surface area contributed by atoms with Gasteiger partial charge in [0.1, 0.15) is 6.61 Å². The number of carboxylic acid groups (broad SMARTS) is 1. The Labute approximate surface area is 137 Å². The van der Waals surface area contributed by atoms with Crippen LogP contribution >= 0.6 is 0 Å². The zero-order valence-corrected chi connectivity index (χ0v) is 13.3. The van der Waals surface area contributed by atoms with Crippen LogP contribution in [0.15, 0.2) is 24.3 Å². The van der Waals surface area contributed by atoms with Crippen LogP contribution in [0, 0.1) is 12.3 Å². The summed E-state index contributed by atoms with van der Waals surface area (Å²) in [6, 6.07) is 8.36. The Bertz CT molecular complexity index is 530. The highest BCUT2D eigenvalue weighted by atomic mass is 16.7. The van der Waals surface area contributed by atoms with E-state index in [2.05, 4.69) is 20.9 Å². The summed E-state index contributed by atoms with van der Waals surface area (Å²) in [5.74, 6) is 2.61. The average Bonchev–Trinajstić information content (AvgIpc) is 2.56. The highest BCUT2D eigenvalue weighted by Gasteiger charge is 2.17. The Morgan fingerprint density at radius 2 is 2.17 bits per heavy atom. The lowest BCUT2D eigenvalue weighted by molar-refractivity contribution is 0.0769. The molecule has 1 aliphatic heterocycles. The van der Waals surface area contributed by atoms with Crippen molar-refractivity contribution in [2.75, 3.05) is 26.2 Å². The van der Waals surface area contributed by atoms with E-state index in [4.69, 9.17) is 11.5 Å². The summed E-state index contributed by atoms with van der Waals surface area (Å²) in [6.45, 7) is 3.47. The van der Waals surface area contributed by atoms with Crippen LogP contribution in [-0.2, 0) is 11.3 Å². The van der Waals surface area contributed by atoms with Gasteiger partial charge in [0.25, 0.3) is 0 Å². The van der Waals surface area contributed by atoms with E-state index in [1.165, 1.54) is 12.8 Å². The number of nitrogens with zero attached hydrogens (tertiary/aromatic N) is 1.